The Morgan fingerprint density at radius 3 is 2.50 bits per heavy atom. The van der Waals surface area contributed by atoms with Crippen LogP contribution in [0.2, 0.25) is 0 Å². The number of carboxylic acid groups (broad SMARTS) is 1. The number of aliphatic carboxylic acids is 1. The molecule has 0 aromatic heterocycles. The van der Waals surface area contributed by atoms with Gasteiger partial charge in [-0.1, -0.05) is 34.0 Å². The Balaban J connectivity index is 1.68. The summed E-state index contributed by atoms with van der Waals surface area (Å²) in [5, 5.41) is 31.5. The maximum atomic E-state index is 11.9. The van der Waals surface area contributed by atoms with Crippen LogP contribution in [0.5, 0.6) is 0 Å². The van der Waals surface area contributed by atoms with E-state index in [0.29, 0.717) is 31.1 Å². The molecule has 4 aliphatic rings. The highest BCUT2D eigenvalue weighted by molar-refractivity contribution is 5.66. The van der Waals surface area contributed by atoms with E-state index in [1.165, 1.54) is 0 Å². The van der Waals surface area contributed by atoms with Crippen LogP contribution in [-0.4, -0.2) is 33.5 Å². The number of carbonyl (C=O) groups is 1. The minimum absolute atomic E-state index is 0.000496. The predicted molar refractivity (Wildman–Crippen MR) is 118 cm³/mol. The van der Waals surface area contributed by atoms with Gasteiger partial charge in [-0.05, 0) is 104 Å². The second kappa shape index (κ2) is 8.06. The molecular formula is C26H44O4. The third kappa shape index (κ3) is 3.36. The lowest BCUT2D eigenvalue weighted by molar-refractivity contribution is -0.203. The summed E-state index contributed by atoms with van der Waals surface area (Å²) in [7, 11) is 0. The van der Waals surface area contributed by atoms with Crippen molar-refractivity contribution in [1.29, 1.82) is 0 Å². The molecule has 0 bridgehead atoms. The van der Waals surface area contributed by atoms with E-state index < -0.39 is 37.3 Å². The van der Waals surface area contributed by atoms with Crippen molar-refractivity contribution < 1.29 is 25.6 Å². The second-order valence-corrected chi connectivity index (χ2v) is 11.7. The molecule has 5 unspecified atom stereocenters. The maximum Gasteiger partial charge on any atom is 0.303 e. The molecule has 30 heavy (non-hydrogen) atoms. The highest BCUT2D eigenvalue weighted by Crippen LogP contribution is 2.69. The van der Waals surface area contributed by atoms with E-state index in [2.05, 4.69) is 20.8 Å². The van der Waals surface area contributed by atoms with Crippen molar-refractivity contribution in [3.63, 3.8) is 0 Å². The number of aliphatic hydroxyl groups excluding tert-OH is 2. The van der Waals surface area contributed by atoms with Gasteiger partial charge in [0.2, 0.25) is 0 Å². The first-order chi connectivity index (χ1) is 15.7. The molecular weight excluding hydrogens is 376 g/mol. The molecule has 3 N–H and O–H groups in total. The Labute approximate surface area is 188 Å². The van der Waals surface area contributed by atoms with Gasteiger partial charge in [0.1, 0.15) is 0 Å². The molecule has 4 nitrogen and oxygen atoms in total. The smallest absolute Gasteiger partial charge is 0.303 e. The topological polar surface area (TPSA) is 77.8 Å². The maximum absolute atomic E-state index is 11.9. The Morgan fingerprint density at radius 1 is 1.10 bits per heavy atom. The van der Waals surface area contributed by atoms with Crippen LogP contribution in [-0.2, 0) is 4.79 Å². The van der Waals surface area contributed by atoms with E-state index in [-0.39, 0.29) is 40.9 Å². The summed E-state index contributed by atoms with van der Waals surface area (Å²) in [5.41, 5.74) is -0.174. The molecule has 0 aliphatic heterocycles. The summed E-state index contributed by atoms with van der Waals surface area (Å²) in [5.74, 6) is -0.403. The Bertz CT molecular complexity index is 774. The van der Waals surface area contributed by atoms with Gasteiger partial charge in [-0.25, -0.2) is 0 Å². The van der Waals surface area contributed by atoms with Crippen LogP contribution in [0.3, 0.4) is 0 Å². The molecule has 4 heteroatoms. The fourth-order valence-electron chi connectivity index (χ4n) is 9.08. The first-order valence-corrected chi connectivity index (χ1v) is 12.2. The molecule has 0 heterocycles. The zero-order chi connectivity index (χ0) is 25.2. The average molecular weight is 425 g/mol. The standard InChI is InChI=1S/C26H44O4/c1-5-17-21-14-16(27)10-12-26(21,4)20-11-13-25(3)18(15(2)6-9-22(28)29)7-8-19(25)23(20)24(17)30/h15-21,23-24,27,30H,5-14H2,1-4H3,(H,28,29)/t15-,16-,17-,18?,19?,20?,21+,23?,24-,25-,26-/m1/s1/i1D3,5D/t5?,15-,16-,17-,18?,19?,20?,21+,23?,24-,25-,26-. The van der Waals surface area contributed by atoms with Crippen molar-refractivity contribution in [2.24, 2.45) is 52.3 Å². The lowest BCUT2D eigenvalue weighted by atomic mass is 9.41. The van der Waals surface area contributed by atoms with Gasteiger partial charge in [-0.15, -0.1) is 0 Å². The number of carboxylic acids is 1. The molecule has 4 saturated carbocycles. The van der Waals surface area contributed by atoms with Gasteiger partial charge in [-0.2, -0.15) is 0 Å². The lowest BCUT2D eigenvalue weighted by Crippen LogP contribution is -2.62. The Morgan fingerprint density at radius 2 is 1.80 bits per heavy atom. The molecule has 4 fully saturated rings. The molecule has 0 amide bonds. The van der Waals surface area contributed by atoms with E-state index in [4.69, 9.17) is 5.48 Å². The first-order valence-electron chi connectivity index (χ1n) is 14.3. The highest BCUT2D eigenvalue weighted by atomic mass is 16.4. The molecule has 172 valence electrons. The highest BCUT2D eigenvalue weighted by Gasteiger charge is 2.64. The summed E-state index contributed by atoms with van der Waals surface area (Å²) in [4.78, 5) is 11.2. The van der Waals surface area contributed by atoms with Crippen molar-refractivity contribution in [1.82, 2.24) is 0 Å². The lowest BCUT2D eigenvalue weighted by Gasteiger charge is -2.64. The first kappa shape index (κ1) is 17.9. The van der Waals surface area contributed by atoms with E-state index in [9.17, 15) is 20.1 Å². The molecule has 12 atom stereocenters. The van der Waals surface area contributed by atoms with Gasteiger partial charge in [0, 0.05) is 11.9 Å². The summed E-state index contributed by atoms with van der Waals surface area (Å²) in [6.07, 6.45) is 4.14. The number of hydrogen-bond acceptors (Lipinski definition) is 3. The van der Waals surface area contributed by atoms with Crippen LogP contribution in [0.15, 0.2) is 0 Å². The number of aliphatic hydroxyl groups is 2. The summed E-state index contributed by atoms with van der Waals surface area (Å²) in [6.45, 7) is 4.27. The van der Waals surface area contributed by atoms with Crippen LogP contribution < -0.4 is 0 Å². The van der Waals surface area contributed by atoms with E-state index >= 15 is 0 Å². The predicted octanol–water partition coefficient (Wildman–Crippen LogP) is 5.11. The third-order valence-corrected chi connectivity index (χ3v) is 10.6. The van der Waals surface area contributed by atoms with Crippen LogP contribution in [0.1, 0.15) is 97.3 Å². The Kier molecular flexibility index (Phi) is 4.81. The van der Waals surface area contributed by atoms with Gasteiger partial charge < -0.3 is 15.3 Å². The Hall–Kier alpha value is -0.610. The molecule has 0 aromatic carbocycles. The van der Waals surface area contributed by atoms with Crippen molar-refractivity contribution in [3.8, 4) is 0 Å². The van der Waals surface area contributed by atoms with Gasteiger partial charge in [0.15, 0.2) is 0 Å². The molecule has 0 spiro atoms. The van der Waals surface area contributed by atoms with Crippen molar-refractivity contribution in [2.45, 2.75) is 104 Å². The monoisotopic (exact) mass is 424 g/mol. The van der Waals surface area contributed by atoms with Gasteiger partial charge in [0.05, 0.1) is 12.2 Å². The van der Waals surface area contributed by atoms with Gasteiger partial charge in [0.25, 0.3) is 0 Å². The van der Waals surface area contributed by atoms with E-state index in [1.807, 2.05) is 0 Å². The molecule has 0 saturated heterocycles. The number of fused-ring (bicyclic) bond motifs is 5. The minimum Gasteiger partial charge on any atom is -0.481 e. The minimum atomic E-state index is -2.47. The van der Waals surface area contributed by atoms with Crippen molar-refractivity contribution in [2.75, 3.05) is 0 Å². The molecule has 0 radical (unpaired) electrons. The summed E-state index contributed by atoms with van der Waals surface area (Å²) >= 11 is 0. The zero-order valence-corrected chi connectivity index (χ0v) is 18.9. The number of hydrogen-bond donors (Lipinski definition) is 3. The molecule has 4 aliphatic carbocycles. The van der Waals surface area contributed by atoms with Crippen LogP contribution in [0.4, 0.5) is 0 Å². The van der Waals surface area contributed by atoms with E-state index in [0.717, 1.165) is 32.1 Å². The normalized spacial score (nSPS) is 55.0. The fourth-order valence-corrected chi connectivity index (χ4v) is 9.08. The van der Waals surface area contributed by atoms with Crippen LogP contribution >= 0.6 is 0 Å². The van der Waals surface area contributed by atoms with Gasteiger partial charge >= 0.3 is 5.97 Å². The molecule has 4 rings (SSSR count). The fraction of sp³-hybridized carbons (Fsp3) is 0.962. The van der Waals surface area contributed by atoms with Crippen LogP contribution in [0.25, 0.3) is 0 Å². The van der Waals surface area contributed by atoms with Crippen LogP contribution in [0, 0.1) is 52.3 Å². The van der Waals surface area contributed by atoms with E-state index in [1.54, 1.807) is 0 Å². The summed E-state index contributed by atoms with van der Waals surface area (Å²) < 4.78 is 32.7. The molecule has 0 aromatic rings. The largest absolute Gasteiger partial charge is 0.481 e. The third-order valence-electron chi connectivity index (χ3n) is 10.6. The second-order valence-electron chi connectivity index (χ2n) is 11.7. The van der Waals surface area contributed by atoms with Crippen molar-refractivity contribution >= 4 is 5.97 Å². The quantitative estimate of drug-likeness (QED) is 0.573. The summed E-state index contributed by atoms with van der Waals surface area (Å²) in [6, 6.07) is 0. The average Bonchev–Trinajstić information content (AvgIpc) is 3.09. The zero-order valence-electron chi connectivity index (χ0n) is 22.9. The SMILES string of the molecule is [2H]C([C@H]1[C@@H](O)C2C3CCC([C@H](C)CCC(=O)O)[C@@]3(C)CCC2[C@@]2(C)CC[C@@H](O)C[C@@H]12)C([2H])([2H])[2H]. The van der Waals surface area contributed by atoms with Crippen molar-refractivity contribution in [3.05, 3.63) is 0 Å². The number of rotatable bonds is 5. The van der Waals surface area contributed by atoms with Gasteiger partial charge in [-0.3, -0.25) is 4.79 Å².